The molecule has 1 radical (unpaired) electrons. The average Bonchev–Trinajstić information content (AvgIpc) is 4.01. The van der Waals surface area contributed by atoms with Crippen molar-refractivity contribution in [3.05, 3.63) is 175 Å². The van der Waals surface area contributed by atoms with E-state index < -0.39 is 14.9 Å². The molecule has 325 valence electrons. The number of imidazole rings is 1. The van der Waals surface area contributed by atoms with Crippen LogP contribution < -0.4 is 5.19 Å². The van der Waals surface area contributed by atoms with Gasteiger partial charge in [-0.3, -0.25) is 4.98 Å². The zero-order chi connectivity index (χ0) is 46.8. The molecule has 0 aliphatic heterocycles. The fourth-order valence-electron chi connectivity index (χ4n) is 8.63. The molecule has 6 aromatic carbocycles. The smallest absolute Gasteiger partial charge is 0.216 e. The van der Waals surface area contributed by atoms with Gasteiger partial charge in [0, 0.05) is 46.9 Å². The van der Waals surface area contributed by atoms with Gasteiger partial charge in [-0.15, -0.1) is 54.1 Å². The fraction of sp³-hybridized carbons (Fsp3) is 0.175. The molecule has 11 rings (SSSR count). The van der Waals surface area contributed by atoms with Gasteiger partial charge in [0.15, 0.2) is 5.58 Å². The molecule has 0 fully saturated rings. The van der Waals surface area contributed by atoms with Crippen molar-refractivity contribution in [3.8, 4) is 39.5 Å². The van der Waals surface area contributed by atoms with E-state index in [1.54, 1.807) is 12.1 Å². The zero-order valence-corrected chi connectivity index (χ0v) is 40.8. The third-order valence-electron chi connectivity index (χ3n) is 12.0. The maximum absolute atomic E-state index is 8.62. The maximum atomic E-state index is 8.62. The molecule has 0 saturated heterocycles. The van der Waals surface area contributed by atoms with Crippen molar-refractivity contribution in [2.45, 2.75) is 66.0 Å². The molecule has 6 nitrogen and oxygen atoms in total. The molecule has 5 aromatic heterocycles. The first-order valence-electron chi connectivity index (χ1n) is 23.4. The number of nitrogens with zero attached hydrogens (tertiary/aromatic N) is 4. The number of pyridine rings is 2. The SMILES string of the molecule is C[Si](C)(C)c1ccc(-c2[c-]cccc2)nc1.[2H]C([2H])([2H])c1cccc2nc(-c3[c-]ccc4c3oc3nc5c(cc34)oc3ccccc35)n(-c3c(C(C)C)cc(-c4ccccc4)cc3C(C)C)c12.[Ir]. The van der Waals surface area contributed by atoms with Crippen LogP contribution in [0.15, 0.2) is 155 Å². The van der Waals surface area contributed by atoms with Gasteiger partial charge in [0.2, 0.25) is 5.71 Å². The molecule has 0 amide bonds. The van der Waals surface area contributed by atoms with Gasteiger partial charge in [-0.2, -0.15) is 0 Å². The zero-order valence-electron chi connectivity index (χ0n) is 40.4. The van der Waals surface area contributed by atoms with Crippen molar-refractivity contribution in [1.29, 1.82) is 0 Å². The Labute approximate surface area is 399 Å². The quantitative estimate of drug-likeness (QED) is 0.117. The van der Waals surface area contributed by atoms with Gasteiger partial charge in [0.05, 0.1) is 30.5 Å². The van der Waals surface area contributed by atoms with Crippen LogP contribution in [0.4, 0.5) is 0 Å². The Balaban J connectivity index is 0.000000289. The number of rotatable bonds is 7. The summed E-state index contributed by atoms with van der Waals surface area (Å²) in [6, 6.07) is 52.7. The van der Waals surface area contributed by atoms with Crippen molar-refractivity contribution in [2.24, 2.45) is 0 Å². The largest absolute Gasteiger partial charge is 0.486 e. The maximum Gasteiger partial charge on any atom is 0.216 e. The number of fused-ring (bicyclic) bond motifs is 7. The summed E-state index contributed by atoms with van der Waals surface area (Å²) in [5.41, 5.74) is 12.6. The summed E-state index contributed by atoms with van der Waals surface area (Å²) in [6.07, 6.45) is 2.02. The molecule has 5 heterocycles. The van der Waals surface area contributed by atoms with Crippen LogP contribution in [0.2, 0.25) is 19.6 Å². The third kappa shape index (κ3) is 8.05. The van der Waals surface area contributed by atoms with Crippen LogP contribution in [-0.4, -0.2) is 27.6 Å². The van der Waals surface area contributed by atoms with Crippen molar-refractivity contribution >= 4 is 68.4 Å². The van der Waals surface area contributed by atoms with E-state index in [-0.39, 0.29) is 37.5 Å². The van der Waals surface area contributed by atoms with Crippen LogP contribution in [0.3, 0.4) is 0 Å². The van der Waals surface area contributed by atoms with Crippen molar-refractivity contribution in [2.75, 3.05) is 0 Å². The minimum Gasteiger partial charge on any atom is -0.486 e. The van der Waals surface area contributed by atoms with E-state index in [1.807, 2.05) is 85.1 Å². The van der Waals surface area contributed by atoms with E-state index in [0.717, 1.165) is 66.5 Å². The third-order valence-corrected chi connectivity index (χ3v) is 14.0. The average molecular weight is 1050 g/mol. The van der Waals surface area contributed by atoms with Crippen LogP contribution in [0.1, 0.15) is 60.3 Å². The Morgan fingerprint density at radius 2 is 1.42 bits per heavy atom. The van der Waals surface area contributed by atoms with Gasteiger partial charge in [-0.25, -0.2) is 4.98 Å². The summed E-state index contributed by atoms with van der Waals surface area (Å²) in [6.45, 7) is 13.3. The molecular formula is C57H50IrN4O2Si-2. The van der Waals surface area contributed by atoms with E-state index in [9.17, 15) is 0 Å². The molecule has 0 N–H and O–H groups in total. The van der Waals surface area contributed by atoms with Gasteiger partial charge in [-0.1, -0.05) is 125 Å². The standard InChI is InChI=1S/C43H34N3O2.C14H16NSi.Ir/c1-24(2)32-21-28(27-14-7-6-8-15-27)22-33(25(3)4)40(32)46-39-26(5)13-11-19-35(39)44-42(46)31-18-12-17-29-34-23-37-38(45-43(34)48-41(29)31)30-16-9-10-20-36(30)47-37;1-16(2,3)13-9-10-14(15-11-13)12-7-5-4-6-8-12;/h6-17,19-25H,1-5H3;4-7,9-11H,1-3H3;/q2*-1;/i5D3;;. The Morgan fingerprint density at radius 3 is 2.11 bits per heavy atom. The van der Waals surface area contributed by atoms with Gasteiger partial charge in [0.25, 0.3) is 0 Å². The van der Waals surface area contributed by atoms with Gasteiger partial charge in [-0.05, 0) is 93.8 Å². The van der Waals surface area contributed by atoms with Crippen LogP contribution >= 0.6 is 0 Å². The van der Waals surface area contributed by atoms with E-state index in [0.29, 0.717) is 39.3 Å². The first-order valence-corrected chi connectivity index (χ1v) is 25.4. The molecular weight excluding hydrogens is 993 g/mol. The molecule has 65 heavy (non-hydrogen) atoms. The van der Waals surface area contributed by atoms with Crippen LogP contribution in [0, 0.1) is 19.0 Å². The molecule has 0 saturated carbocycles. The molecule has 0 bridgehead atoms. The summed E-state index contributed by atoms with van der Waals surface area (Å²) in [4.78, 5) is 14.7. The number of aryl methyl sites for hydroxylation is 1. The van der Waals surface area contributed by atoms with Crippen molar-refractivity contribution in [1.82, 2.24) is 19.5 Å². The van der Waals surface area contributed by atoms with Crippen LogP contribution in [0.25, 0.3) is 94.6 Å². The summed E-state index contributed by atoms with van der Waals surface area (Å²) in [5.74, 6) is 0.760. The number of hydrogen-bond acceptors (Lipinski definition) is 5. The van der Waals surface area contributed by atoms with E-state index in [2.05, 4.69) is 118 Å². The van der Waals surface area contributed by atoms with E-state index in [4.69, 9.17) is 22.9 Å². The molecule has 8 heteroatoms. The van der Waals surface area contributed by atoms with E-state index in [1.165, 1.54) is 5.19 Å². The summed E-state index contributed by atoms with van der Waals surface area (Å²) < 4.78 is 40.7. The minimum absolute atomic E-state index is 0. The molecule has 0 spiro atoms. The molecule has 0 aliphatic rings. The molecule has 0 aliphatic carbocycles. The fourth-order valence-corrected chi connectivity index (χ4v) is 9.67. The van der Waals surface area contributed by atoms with Gasteiger partial charge in [0.1, 0.15) is 11.1 Å². The molecule has 11 aromatic rings. The van der Waals surface area contributed by atoms with Crippen molar-refractivity contribution < 1.29 is 33.1 Å². The number of furan rings is 2. The van der Waals surface area contributed by atoms with E-state index >= 15 is 0 Å². The second kappa shape index (κ2) is 17.5. The van der Waals surface area contributed by atoms with Crippen molar-refractivity contribution in [3.63, 3.8) is 0 Å². The Kier molecular flexibility index (Phi) is 10.8. The number of benzene rings is 6. The predicted octanol–water partition coefficient (Wildman–Crippen LogP) is 15.0. The first-order chi connectivity index (χ1) is 32.2. The Bertz CT molecular complexity index is 3580. The first kappa shape index (κ1) is 40.1. The normalized spacial score (nSPS) is 12.7. The summed E-state index contributed by atoms with van der Waals surface area (Å²) >= 11 is 0. The minimum atomic E-state index is -2.38. The number of hydrogen-bond donors (Lipinski definition) is 0. The molecule has 0 atom stereocenters. The Hall–Kier alpha value is -6.44. The van der Waals surface area contributed by atoms with Crippen LogP contribution in [0.5, 0.6) is 0 Å². The number of para-hydroxylation sites is 2. The monoisotopic (exact) mass is 1050 g/mol. The predicted molar refractivity (Wildman–Crippen MR) is 268 cm³/mol. The topological polar surface area (TPSA) is 69.9 Å². The summed E-state index contributed by atoms with van der Waals surface area (Å²) in [7, 11) is -1.23. The molecule has 0 unspecified atom stereocenters. The van der Waals surface area contributed by atoms with Gasteiger partial charge >= 0.3 is 0 Å². The van der Waals surface area contributed by atoms with Gasteiger partial charge < -0.3 is 18.4 Å². The summed E-state index contributed by atoms with van der Waals surface area (Å²) in [5, 5.41) is 3.97. The second-order valence-electron chi connectivity index (χ2n) is 18.1. The number of aromatic nitrogens is 4. The Morgan fingerprint density at radius 1 is 0.662 bits per heavy atom. The second-order valence-corrected chi connectivity index (χ2v) is 23.1. The van der Waals surface area contributed by atoms with Crippen LogP contribution in [-0.2, 0) is 20.1 Å².